The maximum Gasteiger partial charge on any atom is 0.191 e. The van der Waals surface area contributed by atoms with E-state index in [1.807, 2.05) is 6.07 Å². The molecule has 1 heterocycles. The fourth-order valence-corrected chi connectivity index (χ4v) is 2.94. The molecule has 28 heavy (non-hydrogen) atoms. The lowest BCUT2D eigenvalue weighted by Gasteiger charge is -2.26. The van der Waals surface area contributed by atoms with E-state index < -0.39 is 0 Å². The van der Waals surface area contributed by atoms with Gasteiger partial charge in [-0.3, -0.25) is 0 Å². The molecule has 2 aromatic rings. The van der Waals surface area contributed by atoms with Crippen LogP contribution in [0.2, 0.25) is 0 Å². The summed E-state index contributed by atoms with van der Waals surface area (Å²) in [5, 5.41) is 10.9. The predicted molar refractivity (Wildman–Crippen MR) is 116 cm³/mol. The summed E-state index contributed by atoms with van der Waals surface area (Å²) in [6.07, 6.45) is 1.06. The molecule has 1 atom stereocenters. The van der Waals surface area contributed by atoms with E-state index in [0.717, 1.165) is 36.9 Å². The van der Waals surface area contributed by atoms with Crippen LogP contribution in [0.5, 0.6) is 0 Å². The van der Waals surface area contributed by atoms with Gasteiger partial charge in [0.1, 0.15) is 6.54 Å². The second-order valence-corrected chi connectivity index (χ2v) is 7.52. The molecule has 0 radical (unpaired) electrons. The van der Waals surface area contributed by atoms with Crippen LogP contribution in [0.4, 0.5) is 0 Å². The van der Waals surface area contributed by atoms with Crippen LogP contribution in [0, 0.1) is 0 Å². The number of benzene rings is 1. The number of rotatable bonds is 9. The summed E-state index contributed by atoms with van der Waals surface area (Å²) in [7, 11) is 4.21. The third-order valence-electron chi connectivity index (χ3n) is 4.76. The fourth-order valence-electron chi connectivity index (χ4n) is 2.94. The second kappa shape index (κ2) is 10.9. The van der Waals surface area contributed by atoms with Gasteiger partial charge in [-0.15, -0.1) is 0 Å². The highest BCUT2D eigenvalue weighted by molar-refractivity contribution is 5.79. The monoisotopic (exact) mass is 385 g/mol. The minimum atomic E-state index is 0.257. The molecule has 6 heteroatoms. The topological polar surface area (TPSA) is 65.7 Å². The molecule has 1 unspecified atom stereocenters. The minimum Gasteiger partial charge on any atom is -0.359 e. The molecule has 0 aliphatic rings. The van der Waals surface area contributed by atoms with Crippen molar-refractivity contribution >= 4 is 5.96 Å². The van der Waals surface area contributed by atoms with Crippen LogP contribution in [-0.2, 0) is 13.0 Å². The summed E-state index contributed by atoms with van der Waals surface area (Å²) in [5.41, 5.74) is 3.62. The van der Waals surface area contributed by atoms with Gasteiger partial charge in [0.15, 0.2) is 11.7 Å². The van der Waals surface area contributed by atoms with Crippen LogP contribution in [-0.4, -0.2) is 43.2 Å². The van der Waals surface area contributed by atoms with Crippen molar-refractivity contribution in [1.82, 2.24) is 20.7 Å². The number of nitrogens with zero attached hydrogens (tertiary/aromatic N) is 3. The standard InChI is InChI=1S/C22H35N5O/c1-7-17-9-11-18(12-10-17)21(27(5)6)15-25-22(23-8-2)24-14-19-13-20(16(3)4)26-28-19/h9-13,16,21H,7-8,14-15H2,1-6H3,(H2,23,24,25). The van der Waals surface area contributed by atoms with Gasteiger partial charge in [-0.1, -0.05) is 50.2 Å². The Morgan fingerprint density at radius 1 is 1.14 bits per heavy atom. The average molecular weight is 386 g/mol. The van der Waals surface area contributed by atoms with Crippen molar-refractivity contribution in [3.05, 3.63) is 52.9 Å². The van der Waals surface area contributed by atoms with Crippen molar-refractivity contribution in [3.8, 4) is 0 Å². The van der Waals surface area contributed by atoms with Gasteiger partial charge in [0, 0.05) is 19.2 Å². The van der Waals surface area contributed by atoms with Crippen molar-refractivity contribution in [2.45, 2.75) is 52.6 Å². The lowest BCUT2D eigenvalue weighted by atomic mass is 10.0. The Morgan fingerprint density at radius 3 is 2.39 bits per heavy atom. The number of hydrogen-bond donors (Lipinski definition) is 2. The first-order chi connectivity index (χ1) is 13.4. The predicted octanol–water partition coefficient (Wildman–Crippen LogP) is 3.72. The number of likely N-dealkylation sites (N-methyl/N-ethyl adjacent to an activating group) is 1. The molecular formula is C22H35N5O. The molecule has 154 valence electrons. The van der Waals surface area contributed by atoms with Gasteiger partial charge in [-0.25, -0.2) is 4.99 Å². The van der Waals surface area contributed by atoms with Crippen molar-refractivity contribution in [3.63, 3.8) is 0 Å². The molecule has 1 aromatic heterocycles. The molecule has 6 nitrogen and oxygen atoms in total. The van der Waals surface area contributed by atoms with Crippen LogP contribution in [0.3, 0.4) is 0 Å². The zero-order chi connectivity index (χ0) is 20.5. The quantitative estimate of drug-likeness (QED) is 0.509. The summed E-state index contributed by atoms with van der Waals surface area (Å²) in [4.78, 5) is 6.88. The van der Waals surface area contributed by atoms with Crippen LogP contribution in [0.1, 0.15) is 62.2 Å². The van der Waals surface area contributed by atoms with E-state index in [1.165, 1.54) is 11.1 Å². The Balaban J connectivity index is 2.03. The Hall–Kier alpha value is -2.34. The normalized spacial score (nSPS) is 13.2. The molecule has 0 spiro atoms. The molecule has 1 aromatic carbocycles. The SMILES string of the molecule is CCNC(=NCc1cc(C(C)C)no1)NCC(c1ccc(CC)cc1)N(C)C. The maximum atomic E-state index is 5.39. The van der Waals surface area contributed by atoms with E-state index in [-0.39, 0.29) is 6.04 Å². The van der Waals surface area contributed by atoms with E-state index in [2.05, 4.69) is 91.7 Å². The van der Waals surface area contributed by atoms with Gasteiger partial charge in [0.25, 0.3) is 0 Å². The van der Waals surface area contributed by atoms with E-state index in [4.69, 9.17) is 4.52 Å². The van der Waals surface area contributed by atoms with E-state index in [0.29, 0.717) is 12.5 Å². The van der Waals surface area contributed by atoms with Gasteiger partial charge < -0.3 is 20.1 Å². The maximum absolute atomic E-state index is 5.39. The van der Waals surface area contributed by atoms with Crippen molar-refractivity contribution in [2.24, 2.45) is 4.99 Å². The van der Waals surface area contributed by atoms with Gasteiger partial charge in [-0.2, -0.15) is 0 Å². The van der Waals surface area contributed by atoms with E-state index >= 15 is 0 Å². The molecule has 0 amide bonds. The largest absolute Gasteiger partial charge is 0.359 e. The number of nitrogens with one attached hydrogen (secondary N) is 2. The highest BCUT2D eigenvalue weighted by atomic mass is 16.5. The van der Waals surface area contributed by atoms with Gasteiger partial charge in [-0.05, 0) is 44.5 Å². The Morgan fingerprint density at radius 2 is 1.86 bits per heavy atom. The van der Waals surface area contributed by atoms with Crippen molar-refractivity contribution in [2.75, 3.05) is 27.2 Å². The van der Waals surface area contributed by atoms with E-state index in [9.17, 15) is 0 Å². The lowest BCUT2D eigenvalue weighted by molar-refractivity contribution is 0.298. The lowest BCUT2D eigenvalue weighted by Crippen LogP contribution is -2.41. The molecular weight excluding hydrogens is 350 g/mol. The molecule has 2 N–H and O–H groups in total. The number of hydrogen-bond acceptors (Lipinski definition) is 4. The highest BCUT2D eigenvalue weighted by Crippen LogP contribution is 2.18. The summed E-state index contributed by atoms with van der Waals surface area (Å²) in [6.45, 7) is 10.5. The van der Waals surface area contributed by atoms with Gasteiger partial charge in [0.2, 0.25) is 0 Å². The number of aryl methyl sites for hydroxylation is 1. The summed E-state index contributed by atoms with van der Waals surface area (Å²) >= 11 is 0. The molecule has 0 aliphatic carbocycles. The third kappa shape index (κ3) is 6.37. The van der Waals surface area contributed by atoms with Crippen LogP contribution < -0.4 is 10.6 Å². The third-order valence-corrected chi connectivity index (χ3v) is 4.76. The number of aliphatic imine (C=N–C) groups is 1. The van der Waals surface area contributed by atoms with Crippen molar-refractivity contribution < 1.29 is 4.52 Å². The molecule has 0 saturated carbocycles. The smallest absolute Gasteiger partial charge is 0.191 e. The fraction of sp³-hybridized carbons (Fsp3) is 0.545. The first-order valence-electron chi connectivity index (χ1n) is 10.2. The zero-order valence-electron chi connectivity index (χ0n) is 18.1. The summed E-state index contributed by atoms with van der Waals surface area (Å²) in [5.74, 6) is 1.91. The van der Waals surface area contributed by atoms with Crippen LogP contribution >= 0.6 is 0 Å². The molecule has 2 rings (SSSR count). The van der Waals surface area contributed by atoms with Crippen LogP contribution in [0.25, 0.3) is 0 Å². The Labute approximate surface area is 169 Å². The Kier molecular flexibility index (Phi) is 8.51. The first kappa shape index (κ1) is 22.0. The minimum absolute atomic E-state index is 0.257. The second-order valence-electron chi connectivity index (χ2n) is 7.52. The van der Waals surface area contributed by atoms with Gasteiger partial charge in [0.05, 0.1) is 11.7 Å². The summed E-state index contributed by atoms with van der Waals surface area (Å²) in [6, 6.07) is 11.1. The first-order valence-corrected chi connectivity index (χ1v) is 10.2. The van der Waals surface area contributed by atoms with Crippen LogP contribution in [0.15, 0.2) is 39.8 Å². The highest BCUT2D eigenvalue weighted by Gasteiger charge is 2.15. The number of aromatic nitrogens is 1. The zero-order valence-corrected chi connectivity index (χ0v) is 18.1. The van der Waals surface area contributed by atoms with Gasteiger partial charge >= 0.3 is 0 Å². The number of guanidine groups is 1. The van der Waals surface area contributed by atoms with E-state index in [1.54, 1.807) is 0 Å². The molecule has 0 fully saturated rings. The molecule has 0 bridgehead atoms. The molecule has 0 saturated heterocycles. The molecule has 0 aliphatic heterocycles. The Bertz CT molecular complexity index is 734. The van der Waals surface area contributed by atoms with Crippen molar-refractivity contribution in [1.29, 1.82) is 0 Å². The average Bonchev–Trinajstić information content (AvgIpc) is 3.16. The summed E-state index contributed by atoms with van der Waals surface area (Å²) < 4.78 is 5.39.